The molecule has 0 spiro atoms. The van der Waals surface area contributed by atoms with Gasteiger partial charge in [-0.1, -0.05) is 11.8 Å². The molecule has 123 heavy (non-hydrogen) atoms. The molecule has 0 radical (unpaired) electrons. The van der Waals surface area contributed by atoms with Gasteiger partial charge in [-0.05, 0) is 0 Å². The molecule has 0 aliphatic carbocycles. The van der Waals surface area contributed by atoms with E-state index >= 15 is 0 Å². The van der Waals surface area contributed by atoms with Crippen LogP contribution in [0.15, 0.2) is 0 Å². The minimum Gasteiger partial charge on any atom is -0.394 e. The van der Waals surface area contributed by atoms with E-state index in [9.17, 15) is 10.2 Å². The van der Waals surface area contributed by atoms with Gasteiger partial charge in [0.2, 0.25) is 0 Å². The van der Waals surface area contributed by atoms with Gasteiger partial charge in [0, 0.05) is 0 Å². The largest absolute Gasteiger partial charge is 0.394 e. The Morgan fingerprint density at radius 3 is 0.252 bits per heavy atom. The summed E-state index contributed by atoms with van der Waals surface area (Å²) in [5.41, 5.74) is -1.20. The van der Waals surface area contributed by atoms with Crippen molar-refractivity contribution < 1.29 is 200 Å². The van der Waals surface area contributed by atoms with Crippen LogP contribution in [0.5, 0.6) is 0 Å². The second kappa shape index (κ2) is 117. The fourth-order valence-electron chi connectivity index (χ4n) is 8.73. The highest BCUT2D eigenvalue weighted by Crippen LogP contribution is 2.20. The van der Waals surface area contributed by atoms with E-state index in [-0.39, 0.29) is 39.6 Å². The van der Waals surface area contributed by atoms with Crippen LogP contribution in [0.4, 0.5) is 0 Å². The van der Waals surface area contributed by atoms with Crippen LogP contribution in [-0.2, 0) is 180 Å². The van der Waals surface area contributed by atoms with E-state index in [1.54, 1.807) is 0 Å². The Bertz CT molecular complexity index is 1710. The first-order chi connectivity index (χ1) is 61.3. The summed E-state index contributed by atoms with van der Waals surface area (Å²) >= 11 is 1.18. The molecule has 0 amide bonds. The molecular formula is C80H162O42S. The zero-order valence-electron chi connectivity index (χ0n) is 74.0. The fourth-order valence-corrected chi connectivity index (χ4v) is 9.59. The second-order valence-corrected chi connectivity index (χ2v) is 25.9. The Kier molecular flexibility index (Phi) is 115. The third-order valence-electron chi connectivity index (χ3n) is 14.8. The van der Waals surface area contributed by atoms with Crippen LogP contribution >= 0.6 is 11.8 Å². The van der Waals surface area contributed by atoms with Crippen LogP contribution in [0.1, 0.15) is 0 Å². The Labute approximate surface area is 735 Å². The molecule has 43 heteroatoms. The quantitative estimate of drug-likeness (QED) is 0.0418. The maximum absolute atomic E-state index is 9.80. The first-order valence-corrected chi connectivity index (χ1v) is 44.3. The van der Waals surface area contributed by atoms with Crippen LogP contribution < -0.4 is 0 Å². The van der Waals surface area contributed by atoms with Gasteiger partial charge in [-0.25, -0.2) is 0 Å². The third kappa shape index (κ3) is 113. The number of thioether (sulfide) groups is 1. The van der Waals surface area contributed by atoms with Gasteiger partial charge >= 0.3 is 0 Å². The Morgan fingerprint density at radius 1 is 0.106 bits per heavy atom. The summed E-state index contributed by atoms with van der Waals surface area (Å²) < 4.78 is 209. The highest BCUT2D eigenvalue weighted by molar-refractivity contribution is 8.00. The first kappa shape index (κ1) is 122. The van der Waals surface area contributed by atoms with Gasteiger partial charge < -0.3 is 200 Å². The number of ether oxygens (including phenoxy) is 38. The summed E-state index contributed by atoms with van der Waals surface area (Å²) in [6.45, 7) is 32.7. The number of rotatable bonds is 118. The normalized spacial score (nSPS) is 12.4. The molecule has 0 saturated heterocycles. The van der Waals surface area contributed by atoms with Crippen molar-refractivity contribution in [3.05, 3.63) is 0 Å². The summed E-state index contributed by atoms with van der Waals surface area (Å²) in [4.78, 5) is 0. The van der Waals surface area contributed by atoms with E-state index in [1.165, 1.54) is 11.8 Å². The average molecular weight is 1830 g/mol. The molecule has 2 atom stereocenters. The van der Waals surface area contributed by atoms with Gasteiger partial charge in [-0.2, -0.15) is 0 Å². The monoisotopic (exact) mass is 1830 g/mol. The SMILES string of the molecule is OCCOCCOCCOCCOCCOCCOCCOCCOCCOCCOCCOCCOCCOCCOCCOCCOCCOCCOCCOC(CO)SC(CO)OCCOCCOCCOCCOCCOCCOCCOCCOCCOCCOCCOCCOCCOCCOCCOCCOCCOCCOCCO. The summed E-state index contributed by atoms with van der Waals surface area (Å²) in [5.74, 6) is 0. The zero-order chi connectivity index (χ0) is 87.9. The summed E-state index contributed by atoms with van der Waals surface area (Å²) in [6.07, 6.45) is 0. The van der Waals surface area contributed by atoms with Gasteiger partial charge in [0.15, 0.2) is 0 Å². The zero-order valence-corrected chi connectivity index (χ0v) is 74.8. The van der Waals surface area contributed by atoms with Crippen molar-refractivity contribution in [2.45, 2.75) is 10.9 Å². The predicted molar refractivity (Wildman–Crippen MR) is 445 cm³/mol. The Hall–Kier alpha value is -1.33. The van der Waals surface area contributed by atoms with E-state index in [2.05, 4.69) is 0 Å². The minimum absolute atomic E-state index is 0.0126. The highest BCUT2D eigenvalue weighted by Gasteiger charge is 2.18. The highest BCUT2D eigenvalue weighted by atomic mass is 32.2. The first-order valence-electron chi connectivity index (χ1n) is 43.4. The van der Waals surface area contributed by atoms with Crippen molar-refractivity contribution in [3.63, 3.8) is 0 Å². The van der Waals surface area contributed by atoms with Crippen molar-refractivity contribution in [1.29, 1.82) is 0 Å². The van der Waals surface area contributed by atoms with E-state index < -0.39 is 10.9 Å². The molecule has 0 fully saturated rings. The molecule has 4 N–H and O–H groups in total. The Morgan fingerprint density at radius 2 is 0.179 bits per heavy atom. The number of aliphatic hydroxyl groups excluding tert-OH is 4. The number of hydrogen-bond acceptors (Lipinski definition) is 43. The third-order valence-corrected chi connectivity index (χ3v) is 16.0. The average Bonchev–Trinajstić information content (AvgIpc) is 0.957. The van der Waals surface area contributed by atoms with Gasteiger partial charge in [-0.15, -0.1) is 0 Å². The van der Waals surface area contributed by atoms with Crippen molar-refractivity contribution in [3.8, 4) is 0 Å². The van der Waals surface area contributed by atoms with Gasteiger partial charge in [0.1, 0.15) is 10.9 Å². The molecule has 740 valence electrons. The summed E-state index contributed by atoms with van der Waals surface area (Å²) in [5, 5.41) is 36.9. The maximum Gasteiger partial charge on any atom is 0.128 e. The van der Waals surface area contributed by atoms with Gasteiger partial charge in [-0.3, -0.25) is 0 Å². The van der Waals surface area contributed by atoms with Crippen molar-refractivity contribution in [1.82, 2.24) is 0 Å². The topological polar surface area (TPSA) is 432 Å². The Balaban J connectivity index is 3.27. The van der Waals surface area contributed by atoms with E-state index in [0.29, 0.717) is 476 Å². The van der Waals surface area contributed by atoms with E-state index in [0.717, 1.165) is 0 Å². The molecule has 0 aromatic rings. The van der Waals surface area contributed by atoms with Crippen molar-refractivity contribution in [2.24, 2.45) is 0 Å². The standard InChI is InChI=1S/C80H162O42S/c81-1-3-85-5-7-87-9-11-89-13-15-91-17-19-93-21-23-95-25-27-97-29-31-99-33-35-101-37-39-103-41-43-105-45-47-107-49-51-109-53-55-111-57-59-113-61-63-115-65-67-117-69-71-119-73-75-121-79(77-83)123-80(78-84)122-76-74-120-72-70-118-68-66-116-64-62-114-60-58-112-56-54-110-52-50-108-48-46-106-44-42-104-40-38-102-36-34-100-32-30-98-28-26-96-24-22-94-20-18-92-16-14-90-12-10-88-8-6-86-4-2-82/h79-84H,1-78H2. The molecule has 0 saturated carbocycles. The molecule has 42 nitrogen and oxygen atoms in total. The lowest BCUT2D eigenvalue weighted by molar-refractivity contribution is -0.0318. The molecule has 0 aliphatic heterocycles. The van der Waals surface area contributed by atoms with Crippen LogP contribution in [0.25, 0.3) is 0 Å². The lowest BCUT2D eigenvalue weighted by Gasteiger charge is -2.21. The molecule has 0 heterocycles. The summed E-state index contributed by atoms with van der Waals surface area (Å²) in [7, 11) is 0. The molecular weight excluding hydrogens is 1660 g/mol. The van der Waals surface area contributed by atoms with Crippen molar-refractivity contribution in [2.75, 3.05) is 515 Å². The van der Waals surface area contributed by atoms with Gasteiger partial charge in [0.25, 0.3) is 0 Å². The number of hydrogen-bond donors (Lipinski definition) is 4. The molecule has 0 aromatic carbocycles. The van der Waals surface area contributed by atoms with Crippen LogP contribution in [0, 0.1) is 0 Å². The predicted octanol–water partition coefficient (Wildman–Crippen LogP) is -1.03. The molecule has 0 rings (SSSR count). The number of aliphatic hydroxyl groups is 4. The van der Waals surface area contributed by atoms with Crippen molar-refractivity contribution >= 4 is 11.8 Å². The minimum atomic E-state index is -0.602. The van der Waals surface area contributed by atoms with Crippen LogP contribution in [0.3, 0.4) is 0 Å². The van der Waals surface area contributed by atoms with Crippen LogP contribution in [0.2, 0.25) is 0 Å². The smallest absolute Gasteiger partial charge is 0.128 e. The van der Waals surface area contributed by atoms with E-state index in [1.807, 2.05) is 0 Å². The molecule has 2 unspecified atom stereocenters. The summed E-state index contributed by atoms with van der Waals surface area (Å²) in [6, 6.07) is 0. The van der Waals surface area contributed by atoms with Gasteiger partial charge in [0.05, 0.1) is 515 Å². The molecule has 0 aliphatic rings. The lowest BCUT2D eigenvalue weighted by Crippen LogP contribution is -2.25. The lowest BCUT2D eigenvalue weighted by atomic mass is 10.6. The van der Waals surface area contributed by atoms with Crippen LogP contribution in [-0.4, -0.2) is 547 Å². The van der Waals surface area contributed by atoms with E-state index in [4.69, 9.17) is 190 Å². The fraction of sp³-hybridized carbons (Fsp3) is 1.00. The molecule has 0 bridgehead atoms. The molecule has 0 aromatic heterocycles. The maximum atomic E-state index is 9.80. The second-order valence-electron chi connectivity index (χ2n) is 24.6.